The van der Waals surface area contributed by atoms with Crippen LogP contribution in [0.1, 0.15) is 80.7 Å². The van der Waals surface area contributed by atoms with E-state index in [2.05, 4.69) is 24.3 Å². The molecule has 0 aromatic heterocycles. The Morgan fingerprint density at radius 1 is 0.955 bits per heavy atom. The van der Waals surface area contributed by atoms with Gasteiger partial charge in [0.25, 0.3) is 0 Å². The number of carbonyl (C=O) groups excluding carboxylic acids is 1. The average molecular weight is 618 g/mol. The Morgan fingerprint density at radius 2 is 1.77 bits per heavy atom. The largest absolute Gasteiger partial charge is 0.494 e. The van der Waals surface area contributed by atoms with Crippen molar-refractivity contribution in [3.05, 3.63) is 89.0 Å². The second-order valence-corrected chi connectivity index (χ2v) is 14.3. The quantitative estimate of drug-likeness (QED) is 0.196. The predicted octanol–water partition coefficient (Wildman–Crippen LogP) is 7.52. The van der Waals surface area contributed by atoms with Crippen LogP contribution in [0.4, 0.5) is 4.79 Å². The summed E-state index contributed by atoms with van der Waals surface area (Å²) in [6.07, 6.45) is 7.69. The fraction of sp³-hybridized carbons (Fsp3) is 0.472. The van der Waals surface area contributed by atoms with Gasteiger partial charge in [0.05, 0.1) is 30.6 Å². The molecule has 8 heteroatoms. The van der Waals surface area contributed by atoms with Crippen molar-refractivity contribution in [1.29, 1.82) is 0 Å². The number of hydrogen-bond acceptors (Lipinski definition) is 6. The van der Waals surface area contributed by atoms with Crippen LogP contribution in [0, 0.1) is 0 Å². The second-order valence-electron chi connectivity index (χ2n) is 12.5. The molecule has 6 rings (SSSR count). The zero-order chi connectivity index (χ0) is 30.5. The van der Waals surface area contributed by atoms with Crippen LogP contribution in [-0.4, -0.2) is 45.9 Å². The highest BCUT2D eigenvalue weighted by atomic mass is 32.2. The van der Waals surface area contributed by atoms with Gasteiger partial charge in [-0.2, -0.15) is 0 Å². The highest BCUT2D eigenvalue weighted by Gasteiger charge is 2.34. The second kappa shape index (κ2) is 13.7. The minimum atomic E-state index is -0.880. The molecule has 2 heterocycles. The van der Waals surface area contributed by atoms with Crippen LogP contribution in [-0.2, 0) is 39.7 Å². The van der Waals surface area contributed by atoms with Crippen molar-refractivity contribution in [3.8, 4) is 11.5 Å². The predicted molar refractivity (Wildman–Crippen MR) is 170 cm³/mol. The van der Waals surface area contributed by atoms with E-state index in [1.165, 1.54) is 18.4 Å². The Kier molecular flexibility index (Phi) is 9.57. The lowest BCUT2D eigenvalue weighted by Gasteiger charge is -2.32. The molecular formula is C36H43NO6S. The Morgan fingerprint density at radius 3 is 2.59 bits per heavy atom. The Hall–Kier alpha value is -3.36. The zero-order valence-corrected chi connectivity index (χ0v) is 26.6. The van der Waals surface area contributed by atoms with E-state index in [9.17, 15) is 9.00 Å². The molecule has 1 aliphatic carbocycles. The minimum Gasteiger partial charge on any atom is -0.494 e. The molecule has 0 radical (unpaired) electrons. The Bertz CT molecular complexity index is 1470. The molecule has 44 heavy (non-hydrogen) atoms. The molecule has 1 unspecified atom stereocenters. The molecule has 3 aromatic rings. The van der Waals surface area contributed by atoms with Crippen molar-refractivity contribution < 1.29 is 28.0 Å². The molecule has 1 saturated heterocycles. The normalized spacial score (nSPS) is 20.2. The number of rotatable bonds is 12. The van der Waals surface area contributed by atoms with Crippen LogP contribution in [0.3, 0.4) is 0 Å². The number of amides is 1. The first-order valence-corrected chi connectivity index (χ1v) is 17.2. The molecule has 1 amide bonds. The summed E-state index contributed by atoms with van der Waals surface area (Å²) in [5.74, 6) is 1.03. The third-order valence-corrected chi connectivity index (χ3v) is 10.5. The van der Waals surface area contributed by atoms with Gasteiger partial charge in [-0.25, -0.2) is 4.79 Å². The van der Waals surface area contributed by atoms with E-state index >= 15 is 0 Å². The maximum atomic E-state index is 12.9. The lowest BCUT2D eigenvalue weighted by Crippen LogP contribution is -2.35. The molecule has 0 N–H and O–H groups in total. The lowest BCUT2D eigenvalue weighted by atomic mass is 10.0. The minimum absolute atomic E-state index is 0.282. The van der Waals surface area contributed by atoms with Crippen molar-refractivity contribution >= 4 is 16.9 Å². The number of unbranched alkanes of at least 4 members (excludes halogenated alkanes) is 1. The monoisotopic (exact) mass is 617 g/mol. The lowest BCUT2D eigenvalue weighted by molar-refractivity contribution is -0.180. The Balaban J connectivity index is 0.908. The number of aryl methyl sites for hydroxylation is 1. The number of benzene rings is 3. The maximum absolute atomic E-state index is 12.9. The van der Waals surface area contributed by atoms with Crippen LogP contribution in [0.2, 0.25) is 0 Å². The van der Waals surface area contributed by atoms with Crippen LogP contribution < -0.4 is 9.47 Å². The number of carbonyl (C=O) groups is 1. The number of ether oxygens (including phenoxy) is 4. The van der Waals surface area contributed by atoms with E-state index in [1.807, 2.05) is 56.3 Å². The molecule has 2 aliphatic heterocycles. The van der Waals surface area contributed by atoms with E-state index in [-0.39, 0.29) is 12.2 Å². The van der Waals surface area contributed by atoms with Gasteiger partial charge in [-0.15, -0.1) is 0 Å². The van der Waals surface area contributed by atoms with Crippen molar-refractivity contribution in [2.45, 2.75) is 93.9 Å². The van der Waals surface area contributed by atoms with Gasteiger partial charge in [0.2, 0.25) is 5.79 Å². The number of fused-ring (bicyclic) bond motifs is 1. The average Bonchev–Trinajstić information content (AvgIpc) is 3.70. The van der Waals surface area contributed by atoms with Gasteiger partial charge in [0.15, 0.2) is 0 Å². The highest BCUT2D eigenvalue weighted by Crippen LogP contribution is 2.35. The van der Waals surface area contributed by atoms with Crippen LogP contribution in [0.25, 0.3) is 0 Å². The standard InChI is InChI=1S/C36H43NO6S/c1-36(2)41-25-29-23-28(15-18-33(29)43-36)34-24-37(35(38)42-34)20-19-26-13-16-30(17-14-26)40-21-6-5-8-27-9-7-12-32(22-27)44(39)31-10-3-4-11-31/h7,9,12-18,22-23,31,34H,3-6,8,10-11,19-21,24-25H2,1-2H3/t34-,44?/m0/s1. The fourth-order valence-corrected chi connectivity index (χ4v) is 7.81. The first-order valence-electron chi connectivity index (χ1n) is 16.0. The molecule has 0 bridgehead atoms. The van der Waals surface area contributed by atoms with Gasteiger partial charge < -0.3 is 23.8 Å². The molecule has 234 valence electrons. The van der Waals surface area contributed by atoms with Gasteiger partial charge in [-0.3, -0.25) is 4.21 Å². The first-order chi connectivity index (χ1) is 21.3. The van der Waals surface area contributed by atoms with Crippen molar-refractivity contribution in [3.63, 3.8) is 0 Å². The molecule has 3 aromatic carbocycles. The van der Waals surface area contributed by atoms with E-state index in [4.69, 9.17) is 18.9 Å². The van der Waals surface area contributed by atoms with E-state index in [0.717, 1.165) is 71.6 Å². The summed E-state index contributed by atoms with van der Waals surface area (Å²) >= 11 is 0. The molecule has 2 fully saturated rings. The van der Waals surface area contributed by atoms with Crippen LogP contribution in [0.15, 0.2) is 71.6 Å². The van der Waals surface area contributed by atoms with Crippen LogP contribution in [0.5, 0.6) is 11.5 Å². The third kappa shape index (κ3) is 7.64. The number of cyclic esters (lactones) is 1. The third-order valence-electron chi connectivity index (χ3n) is 8.73. The van der Waals surface area contributed by atoms with E-state index < -0.39 is 16.6 Å². The number of nitrogens with zero attached hydrogens (tertiary/aromatic N) is 1. The summed E-state index contributed by atoms with van der Waals surface area (Å²) < 4.78 is 36.2. The summed E-state index contributed by atoms with van der Waals surface area (Å²) in [5.41, 5.74) is 4.32. The Labute approximate surface area is 263 Å². The summed E-state index contributed by atoms with van der Waals surface area (Å²) in [6, 6.07) is 22.4. The van der Waals surface area contributed by atoms with Gasteiger partial charge in [-0.1, -0.05) is 43.2 Å². The zero-order valence-electron chi connectivity index (χ0n) is 25.8. The fourth-order valence-electron chi connectivity index (χ4n) is 6.18. The van der Waals surface area contributed by atoms with Gasteiger partial charge >= 0.3 is 6.09 Å². The number of hydrogen-bond donors (Lipinski definition) is 0. The molecule has 7 nitrogen and oxygen atoms in total. The van der Waals surface area contributed by atoms with Gasteiger partial charge in [-0.05, 0) is 91.6 Å². The molecule has 0 spiro atoms. The van der Waals surface area contributed by atoms with E-state index in [0.29, 0.717) is 31.6 Å². The topological polar surface area (TPSA) is 74.3 Å². The molecule has 3 aliphatic rings. The SMILES string of the molecule is CC1(C)OCc2cc([C@@H]3CN(CCc4ccc(OCCCCc5cccc(S(=O)C6CCCC6)c5)cc4)C(=O)O3)ccc2O1. The van der Waals surface area contributed by atoms with Crippen molar-refractivity contribution in [2.75, 3.05) is 19.7 Å². The van der Waals surface area contributed by atoms with Gasteiger partial charge in [0, 0.05) is 36.1 Å². The summed E-state index contributed by atoms with van der Waals surface area (Å²) in [6.45, 7) is 6.04. The summed E-state index contributed by atoms with van der Waals surface area (Å²) in [7, 11) is -0.880. The highest BCUT2D eigenvalue weighted by molar-refractivity contribution is 7.85. The first kappa shape index (κ1) is 30.7. The molecule has 2 atom stereocenters. The van der Waals surface area contributed by atoms with Crippen LogP contribution >= 0.6 is 0 Å². The van der Waals surface area contributed by atoms with E-state index in [1.54, 1.807) is 4.90 Å². The summed E-state index contributed by atoms with van der Waals surface area (Å²) in [5, 5.41) is 0.333. The smallest absolute Gasteiger partial charge is 0.410 e. The van der Waals surface area contributed by atoms with Gasteiger partial charge in [0.1, 0.15) is 17.6 Å². The maximum Gasteiger partial charge on any atom is 0.410 e. The van der Waals surface area contributed by atoms with Crippen molar-refractivity contribution in [2.24, 2.45) is 0 Å². The summed E-state index contributed by atoms with van der Waals surface area (Å²) in [4.78, 5) is 15.3. The van der Waals surface area contributed by atoms with Crippen molar-refractivity contribution in [1.82, 2.24) is 4.90 Å². The molecular weight excluding hydrogens is 574 g/mol. The molecule has 1 saturated carbocycles.